The van der Waals surface area contributed by atoms with E-state index in [2.05, 4.69) is 4.98 Å². The Hall–Kier alpha value is -2.34. The smallest absolute Gasteiger partial charge is 0.266 e. The van der Waals surface area contributed by atoms with Crippen LogP contribution in [0, 0.1) is 5.41 Å². The minimum atomic E-state index is -0.472. The molecule has 0 fully saturated rings. The van der Waals surface area contributed by atoms with Gasteiger partial charge in [-0.3, -0.25) is 9.59 Å². The molecule has 1 N–H and O–H groups in total. The molecule has 2 heterocycles. The van der Waals surface area contributed by atoms with Gasteiger partial charge in [0.15, 0.2) is 17.3 Å². The summed E-state index contributed by atoms with van der Waals surface area (Å²) in [5.74, 6) is 1.37. The Morgan fingerprint density at radius 3 is 2.62 bits per heavy atom. The highest BCUT2D eigenvalue weighted by Crippen LogP contribution is 2.30. The van der Waals surface area contributed by atoms with Crippen molar-refractivity contribution >= 4 is 29.3 Å². The Morgan fingerprint density at radius 1 is 1.21 bits per heavy atom. The van der Waals surface area contributed by atoms with E-state index >= 15 is 0 Å². The van der Waals surface area contributed by atoms with Crippen LogP contribution in [0.15, 0.2) is 23.0 Å². The molecule has 126 valence electrons. The number of carbonyl (C=O) groups is 1. The molecule has 1 aliphatic heterocycles. The highest BCUT2D eigenvalue weighted by Gasteiger charge is 2.18. The fourth-order valence-corrected chi connectivity index (χ4v) is 3.05. The molecule has 1 aliphatic rings. The first-order chi connectivity index (χ1) is 11.3. The van der Waals surface area contributed by atoms with Crippen LogP contribution in [0.25, 0.3) is 12.2 Å². The molecule has 3 rings (SSSR count). The summed E-state index contributed by atoms with van der Waals surface area (Å²) in [6, 6.07) is 5.55. The summed E-state index contributed by atoms with van der Waals surface area (Å²) in [5, 5.41) is 0. The maximum atomic E-state index is 12.1. The van der Waals surface area contributed by atoms with E-state index in [4.69, 9.17) is 9.47 Å². The molecular weight excluding hydrogens is 326 g/mol. The number of H-pyrrole nitrogens is 1. The number of benzene rings is 1. The molecule has 0 spiro atoms. The Balaban J connectivity index is 1.99. The third-order valence-electron chi connectivity index (χ3n) is 3.55. The third kappa shape index (κ3) is 3.59. The highest BCUT2D eigenvalue weighted by molar-refractivity contribution is 7.07. The van der Waals surface area contributed by atoms with Crippen molar-refractivity contribution in [2.45, 2.75) is 20.8 Å². The van der Waals surface area contributed by atoms with E-state index in [0.717, 1.165) is 5.56 Å². The van der Waals surface area contributed by atoms with Crippen LogP contribution < -0.4 is 24.2 Å². The quantitative estimate of drug-likeness (QED) is 0.894. The van der Waals surface area contributed by atoms with Gasteiger partial charge in [0.25, 0.3) is 5.56 Å². The molecule has 0 amide bonds. The maximum Gasteiger partial charge on any atom is 0.266 e. The minimum Gasteiger partial charge on any atom is -0.486 e. The molecule has 0 saturated carbocycles. The molecule has 24 heavy (non-hydrogen) atoms. The van der Waals surface area contributed by atoms with Crippen molar-refractivity contribution in [3.05, 3.63) is 43.3 Å². The number of carbonyl (C=O) groups excluding carboxylic acids is 1. The highest BCUT2D eigenvalue weighted by atomic mass is 32.1. The Labute approximate surface area is 143 Å². The van der Waals surface area contributed by atoms with Gasteiger partial charge in [-0.1, -0.05) is 26.8 Å². The van der Waals surface area contributed by atoms with Gasteiger partial charge in [-0.15, -0.1) is 11.3 Å². The van der Waals surface area contributed by atoms with E-state index in [1.54, 1.807) is 6.08 Å². The van der Waals surface area contributed by atoms with E-state index in [1.807, 2.05) is 39.0 Å². The van der Waals surface area contributed by atoms with Crippen molar-refractivity contribution in [1.82, 2.24) is 4.98 Å². The molecule has 0 bridgehead atoms. The van der Waals surface area contributed by atoms with Gasteiger partial charge < -0.3 is 14.5 Å². The minimum absolute atomic E-state index is 0.0223. The van der Waals surface area contributed by atoms with Crippen LogP contribution in [0.3, 0.4) is 0 Å². The van der Waals surface area contributed by atoms with Crippen LogP contribution in [-0.2, 0) is 4.79 Å². The van der Waals surface area contributed by atoms with Crippen LogP contribution >= 0.6 is 11.3 Å². The maximum absolute atomic E-state index is 12.1. The van der Waals surface area contributed by atoms with Gasteiger partial charge in [0, 0.05) is 11.5 Å². The normalized spacial score (nSPS) is 15.6. The molecular formula is C18H19NO4S. The van der Waals surface area contributed by atoms with Crippen molar-refractivity contribution in [3.8, 4) is 11.5 Å². The lowest BCUT2D eigenvalue weighted by molar-refractivity contribution is -0.119. The molecule has 0 saturated heterocycles. The first-order valence-corrected chi connectivity index (χ1v) is 8.51. The Morgan fingerprint density at radius 2 is 1.92 bits per heavy atom. The number of hydrogen-bond acceptors (Lipinski definition) is 5. The van der Waals surface area contributed by atoms with Crippen LogP contribution in [0.1, 0.15) is 26.3 Å². The number of thiazole rings is 1. The van der Waals surface area contributed by atoms with E-state index in [9.17, 15) is 9.59 Å². The van der Waals surface area contributed by atoms with Gasteiger partial charge in [0.05, 0.1) is 9.20 Å². The second-order valence-electron chi connectivity index (χ2n) is 6.59. The fourth-order valence-electron chi connectivity index (χ4n) is 2.16. The van der Waals surface area contributed by atoms with Gasteiger partial charge >= 0.3 is 0 Å². The van der Waals surface area contributed by atoms with Crippen molar-refractivity contribution in [1.29, 1.82) is 0 Å². The topological polar surface area (TPSA) is 68.4 Å². The third-order valence-corrected chi connectivity index (χ3v) is 4.51. The molecule has 2 aromatic rings. The van der Waals surface area contributed by atoms with Crippen LogP contribution in [0.5, 0.6) is 11.5 Å². The molecule has 0 unspecified atom stereocenters. The lowest BCUT2D eigenvalue weighted by Crippen LogP contribution is -2.22. The van der Waals surface area contributed by atoms with Gasteiger partial charge in [0.2, 0.25) is 0 Å². The standard InChI is InChI=1S/C18H19NO4S/c1-18(2,3)15(20)10-16-19-17(21)14(24-16)9-11-4-5-12-13(8-11)23-7-6-22-12/h4-5,8-10H,6-7H2,1-3H3,(H,19,21)/b14-9-,16-10-. The summed E-state index contributed by atoms with van der Waals surface area (Å²) in [5.41, 5.74) is 0.170. The molecule has 1 aromatic carbocycles. The zero-order valence-electron chi connectivity index (χ0n) is 13.8. The monoisotopic (exact) mass is 345 g/mol. The second-order valence-corrected chi connectivity index (χ2v) is 7.67. The first kappa shape index (κ1) is 16.5. The number of nitrogens with one attached hydrogen (secondary N) is 1. The van der Waals surface area contributed by atoms with Gasteiger partial charge in [-0.25, -0.2) is 0 Å². The number of ketones is 1. The number of hydrogen-bond donors (Lipinski definition) is 1. The largest absolute Gasteiger partial charge is 0.486 e. The molecule has 0 radical (unpaired) electrons. The Kier molecular flexibility index (Phi) is 4.32. The number of ether oxygens (including phenoxy) is 2. The fraction of sp³-hybridized carbons (Fsp3) is 0.333. The predicted octanol–water partition coefficient (Wildman–Crippen LogP) is 1.43. The van der Waals surface area contributed by atoms with E-state index < -0.39 is 5.41 Å². The molecule has 0 atom stereocenters. The summed E-state index contributed by atoms with van der Waals surface area (Å²) >= 11 is 1.26. The van der Waals surface area contributed by atoms with Gasteiger partial charge in [0.1, 0.15) is 13.2 Å². The number of aromatic nitrogens is 1. The average molecular weight is 345 g/mol. The van der Waals surface area contributed by atoms with E-state index in [1.165, 1.54) is 17.4 Å². The lowest BCUT2D eigenvalue weighted by atomic mass is 9.91. The summed E-state index contributed by atoms with van der Waals surface area (Å²) in [6.07, 6.45) is 3.27. The van der Waals surface area contributed by atoms with Crippen molar-refractivity contribution in [2.24, 2.45) is 5.41 Å². The Bertz CT molecular complexity index is 947. The zero-order chi connectivity index (χ0) is 17.3. The lowest BCUT2D eigenvalue weighted by Gasteiger charge is -2.18. The van der Waals surface area contributed by atoms with Crippen LogP contribution in [0.2, 0.25) is 0 Å². The predicted molar refractivity (Wildman–Crippen MR) is 94.1 cm³/mol. The van der Waals surface area contributed by atoms with Gasteiger partial charge in [-0.05, 0) is 23.8 Å². The number of rotatable bonds is 2. The van der Waals surface area contributed by atoms with Crippen LogP contribution in [-0.4, -0.2) is 24.0 Å². The molecule has 0 aliphatic carbocycles. The molecule has 1 aromatic heterocycles. The van der Waals surface area contributed by atoms with Crippen LogP contribution in [0.4, 0.5) is 0 Å². The summed E-state index contributed by atoms with van der Waals surface area (Å²) in [6.45, 7) is 6.60. The summed E-state index contributed by atoms with van der Waals surface area (Å²) in [7, 11) is 0. The first-order valence-electron chi connectivity index (χ1n) is 7.69. The van der Waals surface area contributed by atoms with Crippen molar-refractivity contribution in [2.75, 3.05) is 13.2 Å². The number of aromatic amines is 1. The summed E-state index contributed by atoms with van der Waals surface area (Å²) in [4.78, 5) is 26.9. The van der Waals surface area contributed by atoms with Crippen molar-refractivity contribution in [3.63, 3.8) is 0 Å². The second kappa shape index (κ2) is 6.28. The van der Waals surface area contributed by atoms with E-state index in [0.29, 0.717) is 33.9 Å². The van der Waals surface area contributed by atoms with Gasteiger partial charge in [-0.2, -0.15) is 0 Å². The average Bonchev–Trinajstić information content (AvgIpc) is 2.86. The number of Topliss-reactive ketones (excluding diaryl/α,β-unsaturated/α-hetero) is 1. The zero-order valence-corrected chi connectivity index (χ0v) is 14.7. The molecule has 6 heteroatoms. The summed E-state index contributed by atoms with van der Waals surface area (Å²) < 4.78 is 12.1. The number of fused-ring (bicyclic) bond motifs is 1. The van der Waals surface area contributed by atoms with E-state index in [-0.39, 0.29) is 11.3 Å². The SMILES string of the molecule is CC(C)(C)C(=O)/C=c1/[nH]c(=O)/c(=C/c2ccc3c(c2)OCCO3)s1. The molecule has 5 nitrogen and oxygen atoms in total. The van der Waals surface area contributed by atoms with Crippen molar-refractivity contribution < 1.29 is 14.3 Å².